The van der Waals surface area contributed by atoms with Crippen LogP contribution in [0.1, 0.15) is 51.2 Å². The number of amides is 1. The Morgan fingerprint density at radius 1 is 1.17 bits per heavy atom. The van der Waals surface area contributed by atoms with Crippen LogP contribution in [0.2, 0.25) is 0 Å². The molecule has 1 saturated carbocycles. The first-order valence-electron chi connectivity index (χ1n) is 9.37. The van der Waals surface area contributed by atoms with Crippen molar-refractivity contribution in [3.8, 4) is 0 Å². The summed E-state index contributed by atoms with van der Waals surface area (Å²) in [4.78, 5) is 14.9. The highest BCUT2D eigenvalue weighted by molar-refractivity contribution is 5.79. The summed E-state index contributed by atoms with van der Waals surface area (Å²) >= 11 is 0. The van der Waals surface area contributed by atoms with Gasteiger partial charge in [-0.05, 0) is 55.8 Å². The third-order valence-corrected chi connectivity index (χ3v) is 5.35. The van der Waals surface area contributed by atoms with Gasteiger partial charge in [-0.25, -0.2) is 0 Å². The molecule has 134 valence electrons. The van der Waals surface area contributed by atoms with Gasteiger partial charge >= 0.3 is 0 Å². The van der Waals surface area contributed by atoms with Crippen LogP contribution in [0, 0.1) is 23.7 Å². The second kappa shape index (κ2) is 8.66. The van der Waals surface area contributed by atoms with Crippen molar-refractivity contribution in [2.45, 2.75) is 53.1 Å². The summed E-state index contributed by atoms with van der Waals surface area (Å²) in [7, 11) is 4.15. The molecule has 1 fully saturated rings. The molecule has 0 aliphatic heterocycles. The van der Waals surface area contributed by atoms with E-state index in [1.807, 2.05) is 0 Å². The number of nitrogens with one attached hydrogen (secondary N) is 1. The largest absolute Gasteiger partial charge is 0.352 e. The Morgan fingerprint density at radius 2 is 1.79 bits per heavy atom. The van der Waals surface area contributed by atoms with E-state index in [4.69, 9.17) is 0 Å². The quantitative estimate of drug-likeness (QED) is 0.852. The van der Waals surface area contributed by atoms with Gasteiger partial charge in [0.15, 0.2) is 0 Å². The first-order chi connectivity index (χ1) is 11.4. The number of carbonyl (C=O) groups excluding carboxylic acids is 1. The first-order valence-corrected chi connectivity index (χ1v) is 9.37. The van der Waals surface area contributed by atoms with Crippen molar-refractivity contribution in [3.63, 3.8) is 0 Å². The zero-order valence-electron chi connectivity index (χ0n) is 16.0. The van der Waals surface area contributed by atoms with Crippen molar-refractivity contribution in [2.75, 3.05) is 14.1 Å². The fraction of sp³-hybridized carbons (Fsp3) is 0.667. The van der Waals surface area contributed by atoms with Crippen LogP contribution in [-0.2, 0) is 17.9 Å². The highest BCUT2D eigenvalue weighted by atomic mass is 16.1. The van der Waals surface area contributed by atoms with E-state index in [0.29, 0.717) is 24.3 Å². The molecule has 1 N–H and O–H groups in total. The smallest absolute Gasteiger partial charge is 0.223 e. The molecule has 1 aliphatic rings. The van der Waals surface area contributed by atoms with Crippen LogP contribution < -0.4 is 5.32 Å². The van der Waals surface area contributed by atoms with Gasteiger partial charge in [-0.15, -0.1) is 0 Å². The van der Waals surface area contributed by atoms with Crippen LogP contribution in [-0.4, -0.2) is 24.9 Å². The van der Waals surface area contributed by atoms with Crippen molar-refractivity contribution in [2.24, 2.45) is 23.7 Å². The number of benzene rings is 1. The molecule has 3 heteroatoms. The predicted octanol–water partition coefficient (Wildman–Crippen LogP) is 4.07. The number of rotatable bonds is 6. The van der Waals surface area contributed by atoms with E-state index in [1.54, 1.807) is 0 Å². The van der Waals surface area contributed by atoms with E-state index in [9.17, 15) is 4.79 Å². The van der Waals surface area contributed by atoms with Gasteiger partial charge in [-0.2, -0.15) is 0 Å². The van der Waals surface area contributed by atoms with Crippen molar-refractivity contribution < 1.29 is 4.79 Å². The van der Waals surface area contributed by atoms with Crippen LogP contribution in [0.4, 0.5) is 0 Å². The monoisotopic (exact) mass is 330 g/mol. The lowest BCUT2D eigenvalue weighted by Gasteiger charge is -2.36. The summed E-state index contributed by atoms with van der Waals surface area (Å²) in [6.07, 6.45) is 3.49. The van der Waals surface area contributed by atoms with Gasteiger partial charge in [0.2, 0.25) is 5.91 Å². The van der Waals surface area contributed by atoms with Crippen LogP contribution in [0.5, 0.6) is 0 Å². The van der Waals surface area contributed by atoms with E-state index in [-0.39, 0.29) is 11.8 Å². The molecule has 0 saturated heterocycles. The van der Waals surface area contributed by atoms with Crippen molar-refractivity contribution in [1.29, 1.82) is 0 Å². The minimum Gasteiger partial charge on any atom is -0.352 e. The van der Waals surface area contributed by atoms with Crippen LogP contribution in [0.15, 0.2) is 24.3 Å². The summed E-state index contributed by atoms with van der Waals surface area (Å²) in [5, 5.41) is 3.18. The van der Waals surface area contributed by atoms with Gasteiger partial charge in [-0.1, -0.05) is 51.5 Å². The maximum atomic E-state index is 12.7. The Hall–Kier alpha value is -1.35. The minimum absolute atomic E-state index is 0.182. The Balaban J connectivity index is 1.91. The summed E-state index contributed by atoms with van der Waals surface area (Å²) < 4.78 is 0. The average Bonchev–Trinajstić information content (AvgIpc) is 2.53. The molecule has 24 heavy (non-hydrogen) atoms. The second-order valence-electron chi connectivity index (χ2n) is 8.20. The molecule has 1 aliphatic carbocycles. The predicted molar refractivity (Wildman–Crippen MR) is 101 cm³/mol. The fourth-order valence-corrected chi connectivity index (χ4v) is 3.95. The zero-order chi connectivity index (χ0) is 17.7. The third-order valence-electron chi connectivity index (χ3n) is 5.35. The van der Waals surface area contributed by atoms with Gasteiger partial charge in [0.1, 0.15) is 0 Å². The van der Waals surface area contributed by atoms with Gasteiger partial charge in [0.25, 0.3) is 0 Å². The molecular weight excluding hydrogens is 296 g/mol. The molecule has 0 spiro atoms. The second-order valence-corrected chi connectivity index (χ2v) is 8.20. The molecule has 1 amide bonds. The van der Waals surface area contributed by atoms with Crippen molar-refractivity contribution in [3.05, 3.63) is 35.4 Å². The zero-order valence-corrected chi connectivity index (χ0v) is 16.0. The van der Waals surface area contributed by atoms with E-state index in [0.717, 1.165) is 13.0 Å². The third kappa shape index (κ3) is 5.34. The van der Waals surface area contributed by atoms with Crippen molar-refractivity contribution >= 4 is 5.91 Å². The molecule has 3 atom stereocenters. The summed E-state index contributed by atoms with van der Waals surface area (Å²) in [5.74, 6) is 2.21. The maximum absolute atomic E-state index is 12.7. The van der Waals surface area contributed by atoms with Crippen LogP contribution in [0.3, 0.4) is 0 Å². The molecule has 1 aromatic rings. The Morgan fingerprint density at radius 3 is 2.38 bits per heavy atom. The fourth-order valence-electron chi connectivity index (χ4n) is 3.95. The summed E-state index contributed by atoms with van der Waals surface area (Å²) in [6, 6.07) is 8.56. The van der Waals surface area contributed by atoms with E-state index in [1.165, 1.54) is 24.0 Å². The van der Waals surface area contributed by atoms with E-state index in [2.05, 4.69) is 69.3 Å². The number of hydrogen-bond acceptors (Lipinski definition) is 2. The standard InChI is InChI=1S/C21H34N2O/c1-15(2)19-11-6-16(3)12-20(19)21(24)22-13-17-7-9-18(10-8-17)14-23(4)5/h7-10,15-16,19-20H,6,11-14H2,1-5H3,(H,22,24)/t16-,19+,20-/m1/s1. The molecule has 0 unspecified atom stereocenters. The number of hydrogen-bond donors (Lipinski definition) is 1. The van der Waals surface area contributed by atoms with Gasteiger partial charge in [-0.3, -0.25) is 4.79 Å². The molecule has 0 radical (unpaired) electrons. The van der Waals surface area contributed by atoms with E-state index >= 15 is 0 Å². The normalized spacial score (nSPS) is 24.4. The Labute approximate surface area is 147 Å². The summed E-state index contributed by atoms with van der Waals surface area (Å²) in [5.41, 5.74) is 2.48. The molecule has 0 aromatic heterocycles. The lowest BCUT2D eigenvalue weighted by Crippen LogP contribution is -2.39. The lowest BCUT2D eigenvalue weighted by molar-refractivity contribution is -0.129. The van der Waals surface area contributed by atoms with Crippen LogP contribution >= 0.6 is 0 Å². The first kappa shape index (κ1) is 19.0. The van der Waals surface area contributed by atoms with Gasteiger partial charge < -0.3 is 10.2 Å². The van der Waals surface area contributed by atoms with Gasteiger partial charge in [0.05, 0.1) is 0 Å². The average molecular weight is 331 g/mol. The SMILES string of the molecule is CC(C)[C@@H]1CC[C@@H](C)C[C@H]1C(=O)NCc1ccc(CN(C)C)cc1. The van der Waals surface area contributed by atoms with Crippen LogP contribution in [0.25, 0.3) is 0 Å². The molecular formula is C21H34N2O. The number of nitrogens with zero attached hydrogens (tertiary/aromatic N) is 1. The van der Waals surface area contributed by atoms with E-state index < -0.39 is 0 Å². The molecule has 2 rings (SSSR count). The van der Waals surface area contributed by atoms with Crippen molar-refractivity contribution in [1.82, 2.24) is 10.2 Å². The molecule has 1 aromatic carbocycles. The lowest BCUT2D eigenvalue weighted by atomic mass is 9.70. The molecule has 3 nitrogen and oxygen atoms in total. The summed E-state index contributed by atoms with van der Waals surface area (Å²) in [6.45, 7) is 8.37. The Bertz CT molecular complexity index is 521. The highest BCUT2D eigenvalue weighted by Crippen LogP contribution is 2.38. The number of carbonyl (C=O) groups is 1. The Kier molecular flexibility index (Phi) is 6.85. The van der Waals surface area contributed by atoms with Gasteiger partial charge in [0, 0.05) is 19.0 Å². The maximum Gasteiger partial charge on any atom is 0.223 e. The topological polar surface area (TPSA) is 32.3 Å². The minimum atomic E-state index is 0.182. The molecule has 0 heterocycles. The molecule has 0 bridgehead atoms. The highest BCUT2D eigenvalue weighted by Gasteiger charge is 2.35.